The van der Waals surface area contributed by atoms with Gasteiger partial charge in [0.15, 0.2) is 0 Å². The Morgan fingerprint density at radius 3 is 3.00 bits per heavy atom. The van der Waals surface area contributed by atoms with Crippen LogP contribution in [-0.4, -0.2) is 18.5 Å². The Hall–Kier alpha value is -1.03. The Labute approximate surface area is 47.8 Å². The molecule has 0 spiro atoms. The summed E-state index contributed by atoms with van der Waals surface area (Å²) in [7, 11) is 1.78. The van der Waals surface area contributed by atoms with E-state index in [2.05, 4.69) is 16.0 Å². The average Bonchev–Trinajstić information content (AvgIpc) is 1.90. The Morgan fingerprint density at radius 1 is 1.75 bits per heavy atom. The van der Waals surface area contributed by atoms with Crippen LogP contribution in [0.2, 0.25) is 0 Å². The lowest BCUT2D eigenvalue weighted by molar-refractivity contribution is 0.164. The van der Waals surface area contributed by atoms with Gasteiger partial charge in [-0.25, -0.2) is 5.43 Å². The quantitative estimate of drug-likeness (QED) is 0.477. The molecule has 0 aromatic heterocycles. The predicted molar refractivity (Wildman–Crippen MR) is 31.7 cm³/mol. The average molecular weight is 112 g/mol. The Balaban J connectivity index is 2.40. The first kappa shape index (κ1) is 5.11. The summed E-state index contributed by atoms with van der Waals surface area (Å²) in [4.78, 5) is 0. The number of hydrazone groups is 1. The van der Waals surface area contributed by atoms with E-state index in [9.17, 15) is 0 Å². The summed E-state index contributed by atoms with van der Waals surface area (Å²) >= 11 is 0. The van der Waals surface area contributed by atoms with E-state index in [1.54, 1.807) is 19.5 Å². The molecule has 0 saturated heterocycles. The van der Waals surface area contributed by atoms with Gasteiger partial charge in [-0.05, 0) is 6.08 Å². The van der Waals surface area contributed by atoms with E-state index in [1.165, 1.54) is 5.23 Å². The number of hydrogen-bond donors (Lipinski definition) is 2. The number of allylic oxidation sites excluding steroid dienone is 1. The fourth-order valence-electron chi connectivity index (χ4n) is 0.417. The van der Waals surface area contributed by atoms with Crippen LogP contribution in [0.5, 0.6) is 0 Å². The number of hydrazine groups is 2. The molecule has 8 heavy (non-hydrogen) atoms. The Morgan fingerprint density at radius 2 is 2.62 bits per heavy atom. The van der Waals surface area contributed by atoms with Crippen molar-refractivity contribution in [3.05, 3.63) is 12.3 Å². The van der Waals surface area contributed by atoms with E-state index in [0.29, 0.717) is 0 Å². The van der Waals surface area contributed by atoms with Gasteiger partial charge < -0.3 is 0 Å². The van der Waals surface area contributed by atoms with Crippen LogP contribution in [-0.2, 0) is 0 Å². The number of rotatable bonds is 1. The molecule has 0 unspecified atom stereocenters. The van der Waals surface area contributed by atoms with Crippen molar-refractivity contribution >= 4 is 6.21 Å². The van der Waals surface area contributed by atoms with E-state index in [0.717, 1.165) is 0 Å². The molecule has 0 aromatic rings. The molecule has 0 radical (unpaired) electrons. The van der Waals surface area contributed by atoms with Crippen LogP contribution in [0.4, 0.5) is 0 Å². The van der Waals surface area contributed by atoms with Crippen molar-refractivity contribution in [1.29, 1.82) is 0 Å². The molecule has 1 rings (SSSR count). The maximum Gasteiger partial charge on any atom is 0.0522 e. The molecule has 44 valence electrons. The zero-order valence-corrected chi connectivity index (χ0v) is 4.63. The summed E-state index contributed by atoms with van der Waals surface area (Å²) in [6.07, 6.45) is 5.28. The first-order chi connectivity index (χ1) is 3.93. The zero-order chi connectivity index (χ0) is 5.82. The molecule has 0 aliphatic carbocycles. The van der Waals surface area contributed by atoms with Crippen LogP contribution in [0.3, 0.4) is 0 Å². The lowest BCUT2D eigenvalue weighted by Gasteiger charge is -2.17. The summed E-state index contributed by atoms with van der Waals surface area (Å²) in [6, 6.07) is 0. The summed E-state index contributed by atoms with van der Waals surface area (Å²) in [5, 5.41) is 5.35. The predicted octanol–water partition coefficient (Wildman–Crippen LogP) is -0.560. The first-order valence-electron chi connectivity index (χ1n) is 2.36. The van der Waals surface area contributed by atoms with Crippen molar-refractivity contribution in [3.63, 3.8) is 0 Å². The van der Waals surface area contributed by atoms with Gasteiger partial charge in [0.2, 0.25) is 0 Å². The summed E-state index contributed by atoms with van der Waals surface area (Å²) in [6.45, 7) is 0. The van der Waals surface area contributed by atoms with Gasteiger partial charge >= 0.3 is 0 Å². The molecule has 0 fully saturated rings. The van der Waals surface area contributed by atoms with E-state index in [1.807, 2.05) is 6.08 Å². The Kier molecular flexibility index (Phi) is 1.48. The first-order valence-corrected chi connectivity index (χ1v) is 2.36. The number of nitrogens with zero attached hydrogens (tertiary/aromatic N) is 2. The molecular weight excluding hydrogens is 104 g/mol. The highest BCUT2D eigenvalue weighted by Crippen LogP contribution is 1.79. The molecule has 0 bridgehead atoms. The highest BCUT2D eigenvalue weighted by atomic mass is 15.9. The highest BCUT2D eigenvalue weighted by molar-refractivity contribution is 5.70. The van der Waals surface area contributed by atoms with Crippen LogP contribution in [0.1, 0.15) is 0 Å². The van der Waals surface area contributed by atoms with E-state index in [-0.39, 0.29) is 0 Å². The van der Waals surface area contributed by atoms with Crippen molar-refractivity contribution in [2.75, 3.05) is 7.05 Å². The normalized spacial score (nSPS) is 16.4. The molecule has 0 amide bonds. The second kappa shape index (κ2) is 2.32. The molecule has 1 aliphatic rings. The monoisotopic (exact) mass is 112 g/mol. The third-order valence-corrected chi connectivity index (χ3v) is 0.773. The fourth-order valence-corrected chi connectivity index (χ4v) is 0.417. The van der Waals surface area contributed by atoms with Gasteiger partial charge in [0.05, 0.1) is 6.21 Å². The third kappa shape index (κ3) is 0.974. The van der Waals surface area contributed by atoms with Crippen LogP contribution in [0, 0.1) is 0 Å². The summed E-state index contributed by atoms with van der Waals surface area (Å²) in [5.74, 6) is 0. The van der Waals surface area contributed by atoms with Crippen molar-refractivity contribution in [2.24, 2.45) is 5.10 Å². The van der Waals surface area contributed by atoms with Gasteiger partial charge in [-0.3, -0.25) is 5.43 Å². The van der Waals surface area contributed by atoms with E-state index >= 15 is 0 Å². The fraction of sp³-hybridized carbons (Fsp3) is 0.250. The molecule has 1 aliphatic heterocycles. The topological polar surface area (TPSA) is 39.7 Å². The third-order valence-electron chi connectivity index (χ3n) is 0.773. The molecule has 4 heteroatoms. The second-order valence-electron chi connectivity index (χ2n) is 1.29. The van der Waals surface area contributed by atoms with Crippen LogP contribution < -0.4 is 10.9 Å². The second-order valence-corrected chi connectivity index (χ2v) is 1.29. The number of nitrogens with one attached hydrogen (secondary N) is 2. The lowest BCUT2D eigenvalue weighted by atomic mass is 10.7. The van der Waals surface area contributed by atoms with Gasteiger partial charge in [0.25, 0.3) is 0 Å². The molecule has 4 nitrogen and oxygen atoms in total. The maximum atomic E-state index is 3.85. The SMILES string of the molecule is CNN1N=CC=CN1. The maximum absolute atomic E-state index is 3.85. The summed E-state index contributed by atoms with van der Waals surface area (Å²) < 4.78 is 0. The van der Waals surface area contributed by atoms with E-state index < -0.39 is 0 Å². The largest absolute Gasteiger partial charge is 0.275 e. The minimum Gasteiger partial charge on any atom is -0.275 e. The van der Waals surface area contributed by atoms with Crippen molar-refractivity contribution in [2.45, 2.75) is 0 Å². The number of hydrogen-bond acceptors (Lipinski definition) is 4. The lowest BCUT2D eigenvalue weighted by Crippen LogP contribution is -2.40. The van der Waals surface area contributed by atoms with Crippen LogP contribution >= 0.6 is 0 Å². The molecule has 0 atom stereocenters. The van der Waals surface area contributed by atoms with Crippen LogP contribution in [0.15, 0.2) is 17.4 Å². The zero-order valence-electron chi connectivity index (χ0n) is 4.63. The van der Waals surface area contributed by atoms with Gasteiger partial charge in [-0.15, -0.1) is 10.3 Å². The van der Waals surface area contributed by atoms with Crippen LogP contribution in [0.25, 0.3) is 0 Å². The smallest absolute Gasteiger partial charge is 0.0522 e. The van der Waals surface area contributed by atoms with Crippen molar-refractivity contribution in [3.8, 4) is 0 Å². The minimum atomic E-state index is 1.50. The van der Waals surface area contributed by atoms with Gasteiger partial charge in [0, 0.05) is 13.2 Å². The van der Waals surface area contributed by atoms with Gasteiger partial charge in [-0.2, -0.15) is 0 Å². The summed E-state index contributed by atoms with van der Waals surface area (Å²) in [5.41, 5.74) is 5.59. The van der Waals surface area contributed by atoms with E-state index in [4.69, 9.17) is 0 Å². The van der Waals surface area contributed by atoms with Crippen molar-refractivity contribution < 1.29 is 0 Å². The molecule has 2 N–H and O–H groups in total. The molecular formula is C4H8N4. The molecule has 1 heterocycles. The standard InChI is InChI=1S/C4H8N4/c1-5-8-6-3-2-4-7-8/h2-6H,1H3. The molecule has 0 saturated carbocycles. The molecule has 0 aromatic carbocycles. The minimum absolute atomic E-state index is 1.50. The Bertz CT molecular complexity index is 117. The van der Waals surface area contributed by atoms with Crippen molar-refractivity contribution in [1.82, 2.24) is 16.1 Å². The highest BCUT2D eigenvalue weighted by Gasteiger charge is 1.90. The van der Waals surface area contributed by atoms with Gasteiger partial charge in [0.1, 0.15) is 0 Å². The van der Waals surface area contributed by atoms with Gasteiger partial charge in [-0.1, -0.05) is 0 Å².